The molecule has 5 heteroatoms. The summed E-state index contributed by atoms with van der Waals surface area (Å²) in [6.07, 6.45) is 1.55. The molecule has 1 aromatic heterocycles. The quantitative estimate of drug-likeness (QED) is 0.896. The van der Waals surface area contributed by atoms with Crippen LogP contribution in [0.3, 0.4) is 0 Å². The van der Waals surface area contributed by atoms with E-state index in [4.69, 9.17) is 0 Å². The second-order valence-electron chi connectivity index (χ2n) is 4.93. The van der Waals surface area contributed by atoms with Gasteiger partial charge in [-0.15, -0.1) is 11.3 Å². The standard InChI is InChI=1S/C15H17N3OS/c19-15(16-6-5-13-9-20-10-18-13)14-7-11-3-1-2-4-12(11)8-17-14/h1-4,9-10,14,17H,5-8H2,(H,16,19)/t14-/m0/s1. The SMILES string of the molecule is O=C(NCCc1cscn1)[C@@H]1Cc2ccccc2CN1. The van der Waals surface area contributed by atoms with Gasteiger partial charge in [0.25, 0.3) is 0 Å². The van der Waals surface area contributed by atoms with E-state index in [1.54, 1.807) is 11.3 Å². The lowest BCUT2D eigenvalue weighted by atomic mass is 9.95. The van der Waals surface area contributed by atoms with Gasteiger partial charge in [0.15, 0.2) is 0 Å². The summed E-state index contributed by atoms with van der Waals surface area (Å²) in [7, 11) is 0. The van der Waals surface area contributed by atoms with Crippen molar-refractivity contribution in [2.45, 2.75) is 25.4 Å². The molecule has 4 nitrogen and oxygen atoms in total. The van der Waals surface area contributed by atoms with E-state index in [1.165, 1.54) is 11.1 Å². The van der Waals surface area contributed by atoms with Crippen LogP contribution in [0.2, 0.25) is 0 Å². The molecule has 2 aromatic rings. The number of benzene rings is 1. The average molecular weight is 287 g/mol. The van der Waals surface area contributed by atoms with Crippen LogP contribution >= 0.6 is 11.3 Å². The maximum absolute atomic E-state index is 12.1. The van der Waals surface area contributed by atoms with Crippen molar-refractivity contribution in [2.75, 3.05) is 6.54 Å². The fourth-order valence-electron chi connectivity index (χ4n) is 2.44. The first-order valence-corrected chi connectivity index (χ1v) is 7.72. The third-order valence-corrected chi connectivity index (χ3v) is 4.20. The van der Waals surface area contributed by atoms with Gasteiger partial charge in [0.05, 0.1) is 17.2 Å². The normalized spacial score (nSPS) is 17.5. The number of nitrogens with one attached hydrogen (secondary N) is 2. The first-order chi connectivity index (χ1) is 9.83. The number of carbonyl (C=O) groups is 1. The first-order valence-electron chi connectivity index (χ1n) is 6.78. The summed E-state index contributed by atoms with van der Waals surface area (Å²) in [6, 6.07) is 8.15. The fourth-order valence-corrected chi connectivity index (χ4v) is 3.03. The predicted molar refractivity (Wildman–Crippen MR) is 79.6 cm³/mol. The zero-order valence-electron chi connectivity index (χ0n) is 11.1. The van der Waals surface area contributed by atoms with Gasteiger partial charge in [0, 0.05) is 24.9 Å². The van der Waals surface area contributed by atoms with E-state index in [9.17, 15) is 4.79 Å². The van der Waals surface area contributed by atoms with Gasteiger partial charge in [-0.3, -0.25) is 4.79 Å². The molecule has 1 aromatic carbocycles. The van der Waals surface area contributed by atoms with E-state index >= 15 is 0 Å². The highest BCUT2D eigenvalue weighted by Gasteiger charge is 2.23. The summed E-state index contributed by atoms with van der Waals surface area (Å²) in [5.74, 6) is 0.0785. The molecule has 0 bridgehead atoms. The van der Waals surface area contributed by atoms with Gasteiger partial charge < -0.3 is 10.6 Å². The molecular formula is C15H17N3OS. The molecule has 1 amide bonds. The Hall–Kier alpha value is -1.72. The highest BCUT2D eigenvalue weighted by Crippen LogP contribution is 2.16. The molecule has 104 valence electrons. The molecule has 0 saturated heterocycles. The molecule has 0 spiro atoms. The molecule has 0 unspecified atom stereocenters. The van der Waals surface area contributed by atoms with Crippen molar-refractivity contribution in [1.29, 1.82) is 0 Å². The first kappa shape index (κ1) is 13.3. The highest BCUT2D eigenvalue weighted by atomic mass is 32.1. The second-order valence-corrected chi connectivity index (χ2v) is 5.65. The Balaban J connectivity index is 1.51. The lowest BCUT2D eigenvalue weighted by molar-refractivity contribution is -0.123. The number of hydrogen-bond acceptors (Lipinski definition) is 4. The molecule has 3 rings (SSSR count). The molecule has 1 aliphatic heterocycles. The molecule has 0 saturated carbocycles. The smallest absolute Gasteiger partial charge is 0.237 e. The molecule has 0 fully saturated rings. The van der Waals surface area contributed by atoms with Crippen molar-refractivity contribution in [3.63, 3.8) is 0 Å². The average Bonchev–Trinajstić information content (AvgIpc) is 3.00. The zero-order valence-corrected chi connectivity index (χ0v) is 12.0. The summed E-state index contributed by atoms with van der Waals surface area (Å²) in [4.78, 5) is 16.4. The van der Waals surface area contributed by atoms with Gasteiger partial charge in [0.2, 0.25) is 5.91 Å². The summed E-state index contributed by atoms with van der Waals surface area (Å²) in [6.45, 7) is 1.41. The summed E-state index contributed by atoms with van der Waals surface area (Å²) in [5.41, 5.74) is 5.42. The van der Waals surface area contributed by atoms with Crippen LogP contribution in [-0.2, 0) is 24.2 Å². The largest absolute Gasteiger partial charge is 0.354 e. The number of hydrogen-bond donors (Lipinski definition) is 2. The van der Waals surface area contributed by atoms with E-state index < -0.39 is 0 Å². The molecule has 0 radical (unpaired) electrons. The Kier molecular flexibility index (Phi) is 4.08. The number of carbonyl (C=O) groups excluding carboxylic acids is 1. The van der Waals surface area contributed by atoms with Crippen LogP contribution in [0.1, 0.15) is 16.8 Å². The minimum Gasteiger partial charge on any atom is -0.354 e. The van der Waals surface area contributed by atoms with E-state index in [0.29, 0.717) is 6.54 Å². The topological polar surface area (TPSA) is 54.0 Å². The number of amides is 1. The van der Waals surface area contributed by atoms with E-state index in [0.717, 1.165) is 25.1 Å². The number of nitrogens with zero attached hydrogens (tertiary/aromatic N) is 1. The van der Waals surface area contributed by atoms with E-state index in [2.05, 4.69) is 27.8 Å². The Bertz CT molecular complexity index is 583. The maximum Gasteiger partial charge on any atom is 0.237 e. The summed E-state index contributed by atoms with van der Waals surface area (Å²) in [5, 5.41) is 8.29. The van der Waals surface area contributed by atoms with E-state index in [-0.39, 0.29) is 11.9 Å². The van der Waals surface area contributed by atoms with Gasteiger partial charge in [0.1, 0.15) is 0 Å². The van der Waals surface area contributed by atoms with Gasteiger partial charge in [-0.2, -0.15) is 0 Å². The van der Waals surface area contributed by atoms with Crippen molar-refractivity contribution < 1.29 is 4.79 Å². The minimum atomic E-state index is -0.125. The van der Waals surface area contributed by atoms with Crippen molar-refractivity contribution in [2.24, 2.45) is 0 Å². The zero-order chi connectivity index (χ0) is 13.8. The van der Waals surface area contributed by atoms with Gasteiger partial charge in [-0.25, -0.2) is 4.98 Å². The lowest BCUT2D eigenvalue weighted by Crippen LogP contribution is -2.48. The molecule has 0 aliphatic carbocycles. The predicted octanol–water partition coefficient (Wildman–Crippen LogP) is 1.52. The van der Waals surface area contributed by atoms with Gasteiger partial charge in [-0.05, 0) is 17.5 Å². The Morgan fingerprint density at radius 1 is 1.40 bits per heavy atom. The van der Waals surface area contributed by atoms with Crippen LogP contribution < -0.4 is 10.6 Å². The van der Waals surface area contributed by atoms with Crippen molar-refractivity contribution in [3.05, 3.63) is 52.0 Å². The summed E-state index contributed by atoms with van der Waals surface area (Å²) < 4.78 is 0. The Morgan fingerprint density at radius 3 is 3.05 bits per heavy atom. The van der Waals surface area contributed by atoms with Crippen LogP contribution in [0.25, 0.3) is 0 Å². The molecule has 20 heavy (non-hydrogen) atoms. The third-order valence-electron chi connectivity index (χ3n) is 3.56. The van der Waals surface area contributed by atoms with Crippen LogP contribution in [0.5, 0.6) is 0 Å². The molecule has 2 heterocycles. The van der Waals surface area contributed by atoms with Crippen LogP contribution in [-0.4, -0.2) is 23.5 Å². The number of fused-ring (bicyclic) bond motifs is 1. The fraction of sp³-hybridized carbons (Fsp3) is 0.333. The monoisotopic (exact) mass is 287 g/mol. The third kappa shape index (κ3) is 3.05. The van der Waals surface area contributed by atoms with Gasteiger partial charge in [-0.1, -0.05) is 24.3 Å². The number of aromatic nitrogens is 1. The van der Waals surface area contributed by atoms with Crippen LogP contribution in [0.15, 0.2) is 35.2 Å². The van der Waals surface area contributed by atoms with Crippen molar-refractivity contribution in [3.8, 4) is 0 Å². The minimum absolute atomic E-state index is 0.0785. The number of thiazole rings is 1. The van der Waals surface area contributed by atoms with E-state index in [1.807, 2.05) is 23.0 Å². The Morgan fingerprint density at radius 2 is 2.25 bits per heavy atom. The summed E-state index contributed by atoms with van der Waals surface area (Å²) >= 11 is 1.58. The van der Waals surface area contributed by atoms with Crippen LogP contribution in [0, 0.1) is 0 Å². The maximum atomic E-state index is 12.1. The van der Waals surface area contributed by atoms with Crippen molar-refractivity contribution in [1.82, 2.24) is 15.6 Å². The van der Waals surface area contributed by atoms with Crippen molar-refractivity contribution >= 4 is 17.2 Å². The van der Waals surface area contributed by atoms with Crippen LogP contribution in [0.4, 0.5) is 0 Å². The molecule has 1 atom stereocenters. The lowest BCUT2D eigenvalue weighted by Gasteiger charge is -2.25. The molecule has 2 N–H and O–H groups in total. The number of rotatable bonds is 4. The van der Waals surface area contributed by atoms with Gasteiger partial charge >= 0.3 is 0 Å². The molecular weight excluding hydrogens is 270 g/mol. The molecule has 1 aliphatic rings. The highest BCUT2D eigenvalue weighted by molar-refractivity contribution is 7.07. The second kappa shape index (κ2) is 6.15. The Labute approximate surface area is 122 Å².